The molecule has 6 aromatic carbocycles. The molecule has 12 atom stereocenters. The number of ether oxygens (including phenoxy) is 7. The molecule has 9 aromatic rings. The molecule has 2 amide bonds. The first-order valence-electron chi connectivity index (χ1n) is 31.4. The van der Waals surface area contributed by atoms with Gasteiger partial charge in [0.2, 0.25) is 0 Å². The van der Waals surface area contributed by atoms with Crippen molar-refractivity contribution < 1.29 is 86.0 Å². The van der Waals surface area contributed by atoms with Crippen LogP contribution in [-0.4, -0.2) is 153 Å². The fourth-order valence-corrected chi connectivity index (χ4v) is 11.1. The number of nitrogens with one attached hydrogen (secondary N) is 2. The number of aliphatic hydroxyl groups is 3. The lowest BCUT2D eigenvalue weighted by Crippen LogP contribution is -2.48. The van der Waals surface area contributed by atoms with E-state index in [1.165, 1.54) is 55.8 Å². The second-order valence-corrected chi connectivity index (χ2v) is 23.7. The maximum absolute atomic E-state index is 16.5. The number of anilines is 3. The monoisotopic (exact) mass is 1400 g/mol. The topological polar surface area (TPSA) is 382 Å². The Morgan fingerprint density at radius 1 is 0.461 bits per heavy atom. The first-order valence-corrected chi connectivity index (χ1v) is 31.4. The fraction of sp³-hybridized carbons (Fsp3) is 0.250. The van der Waals surface area contributed by atoms with Crippen LogP contribution in [0.2, 0.25) is 0 Å². The number of nitrogen functional groups attached to an aromatic ring is 1. The van der Waals surface area contributed by atoms with Gasteiger partial charge in [-0.1, -0.05) is 109 Å². The van der Waals surface area contributed by atoms with Gasteiger partial charge in [-0.2, -0.15) is 15.0 Å². The molecule has 3 aromatic heterocycles. The lowest BCUT2D eigenvalue weighted by atomic mass is 9.96. The molecule has 3 aliphatic rings. The zero-order valence-electron chi connectivity index (χ0n) is 54.5. The van der Waals surface area contributed by atoms with Gasteiger partial charge in [0.05, 0.1) is 28.9 Å². The van der Waals surface area contributed by atoms with Crippen LogP contribution in [0.15, 0.2) is 233 Å². The summed E-state index contributed by atoms with van der Waals surface area (Å²) >= 11 is 0. The Bertz CT molecular complexity index is 4370. The number of alkyl halides is 2. The number of benzene rings is 6. The quantitative estimate of drug-likeness (QED) is 0.0409. The van der Waals surface area contributed by atoms with E-state index < -0.39 is 138 Å². The van der Waals surface area contributed by atoms with Crippen molar-refractivity contribution in [1.82, 2.24) is 28.7 Å². The van der Waals surface area contributed by atoms with Gasteiger partial charge < -0.3 is 64.8 Å². The van der Waals surface area contributed by atoms with E-state index in [0.717, 1.165) is 27.5 Å². The average molecular weight is 1400 g/mol. The summed E-state index contributed by atoms with van der Waals surface area (Å²) in [7, 11) is 0. The number of rotatable bonds is 18. The Labute approximate surface area is 578 Å². The number of nitrogens with zero attached hydrogens (tertiary/aromatic N) is 6. The minimum atomic E-state index is -2.46. The molecule has 0 aliphatic carbocycles. The molecule has 12 rings (SSSR count). The van der Waals surface area contributed by atoms with Gasteiger partial charge in [0, 0.05) is 29.7 Å². The molecule has 0 radical (unpaired) electrons. The van der Waals surface area contributed by atoms with E-state index in [9.17, 15) is 57.8 Å². The third-order valence-electron chi connectivity index (χ3n) is 16.4. The highest BCUT2D eigenvalue weighted by Gasteiger charge is 2.60. The second-order valence-electron chi connectivity index (χ2n) is 23.7. The summed E-state index contributed by atoms with van der Waals surface area (Å²) in [6.07, 6.45) is -8.54. The van der Waals surface area contributed by atoms with Crippen molar-refractivity contribution in [2.45, 2.75) is 93.0 Å². The van der Waals surface area contributed by atoms with Crippen molar-refractivity contribution in [3.63, 3.8) is 0 Å². The number of nitrogens with two attached hydrogens (primary N) is 1. The maximum Gasteiger partial charge on any atom is 0.351 e. The number of aromatic nitrogens is 6. The maximum atomic E-state index is 16.5. The van der Waals surface area contributed by atoms with E-state index in [1.807, 2.05) is 0 Å². The van der Waals surface area contributed by atoms with E-state index >= 15 is 4.39 Å². The van der Waals surface area contributed by atoms with Crippen molar-refractivity contribution in [3.8, 4) is 0 Å². The molecule has 0 spiro atoms. The highest BCUT2D eigenvalue weighted by molar-refractivity contribution is 6.04. The zero-order chi connectivity index (χ0) is 72.9. The summed E-state index contributed by atoms with van der Waals surface area (Å²) in [5, 5.41) is 35.3. The highest BCUT2D eigenvalue weighted by Crippen LogP contribution is 2.44. The van der Waals surface area contributed by atoms with Crippen LogP contribution in [0.3, 0.4) is 0 Å². The number of esters is 4. The second kappa shape index (κ2) is 32.0. The van der Waals surface area contributed by atoms with Gasteiger partial charge in [-0.3, -0.25) is 23.3 Å². The van der Waals surface area contributed by atoms with Crippen molar-refractivity contribution >= 4 is 53.1 Å². The van der Waals surface area contributed by atoms with Gasteiger partial charge in [-0.15, -0.1) is 0 Å². The van der Waals surface area contributed by atoms with Crippen molar-refractivity contribution in [1.29, 1.82) is 0 Å². The SMILES string of the molecule is CC1(F)[C@@H](O)[C@@H](CO)O[C@H]1n1ccc(N)nc1=O.CC1(F)[C@@H](OC(=O)c2ccccc2)[C@@H](COC(=O)c2ccccc2)O[C@H]1n1ccc(NC(=O)c2ccccc2)nc1=O.CC1(O)[C@@H](OC(=O)c2ccccc2)[C@@H](COC(=O)c2ccccc2)O[C@H]1n1ccc(NC(=O)c2ccccc2)nc1=O. The summed E-state index contributed by atoms with van der Waals surface area (Å²) in [5.74, 6) is -3.90. The number of amides is 2. The summed E-state index contributed by atoms with van der Waals surface area (Å²) < 4.78 is 72.7. The molecule has 3 fully saturated rings. The van der Waals surface area contributed by atoms with Crippen molar-refractivity contribution in [3.05, 3.63) is 284 Å². The third kappa shape index (κ3) is 16.9. The van der Waals surface area contributed by atoms with Crippen molar-refractivity contribution in [2.75, 3.05) is 36.2 Å². The predicted octanol–water partition coefficient (Wildman–Crippen LogP) is 6.23. The number of hydrogen-bond donors (Lipinski definition) is 6. The first-order chi connectivity index (χ1) is 48.8. The van der Waals surface area contributed by atoms with Crippen LogP contribution in [0.4, 0.5) is 26.2 Å². The Morgan fingerprint density at radius 3 is 1.17 bits per heavy atom. The smallest absolute Gasteiger partial charge is 0.351 e. The lowest BCUT2D eigenvalue weighted by Gasteiger charge is -2.30. The Kier molecular flexibility index (Phi) is 22.9. The van der Waals surface area contributed by atoms with Gasteiger partial charge >= 0.3 is 40.9 Å². The Balaban J connectivity index is 0.000000178. The molecule has 0 saturated carbocycles. The zero-order valence-corrected chi connectivity index (χ0v) is 54.5. The van der Waals surface area contributed by atoms with Crippen LogP contribution >= 0.6 is 0 Å². The molecule has 3 saturated heterocycles. The third-order valence-corrected chi connectivity index (χ3v) is 16.4. The standard InChI is InChI=1S/C31H26FN3O7.C31H27N3O8.C10H14FN3O4/c1-31(32)25(42-28(38)22-15-9-4-10-16-22)23(19-40-27(37)21-13-7-3-8-14-21)41-29(31)35-18-17-24(34-30(35)39)33-26(36)20-11-5-2-6-12-20;1-31(39)25(42-28(37)22-15-9-4-10-16-22)23(19-40-27(36)21-13-7-3-8-14-21)41-29(31)34-18-17-24(33-30(34)38)32-26(35)20-11-5-2-6-12-20;1-10(11)7(16)5(4-15)18-8(10)14-3-2-6(12)13-9(14)17/h2-18,23,25,29H,19H2,1H3,(H,33,34,36,39);2-18,23,25,29,39H,19H2,1H3,(H,32,33,35,38);2-3,5,7-8,15-16H,4H2,1H3,(H2,12,13,17)/t2*23-,25+,29-,31?;5-,7+,8-,10?/m111/s1. The summed E-state index contributed by atoms with van der Waals surface area (Å²) in [6.45, 7) is 2.16. The molecule has 102 heavy (non-hydrogen) atoms. The average Bonchev–Trinajstić information content (AvgIpc) is 1.61. The number of halogens is 2. The first kappa shape index (κ1) is 72.9. The fourth-order valence-electron chi connectivity index (χ4n) is 11.1. The molecular formula is C72H67F2N9O19. The Hall–Kier alpha value is -11.8. The molecule has 528 valence electrons. The number of hydrogen-bond acceptors (Lipinski definition) is 23. The summed E-state index contributed by atoms with van der Waals surface area (Å²) in [6, 6.07) is 53.3. The molecule has 30 heteroatoms. The Morgan fingerprint density at radius 2 is 0.784 bits per heavy atom. The molecule has 6 heterocycles. The van der Waals surface area contributed by atoms with Crippen molar-refractivity contribution in [2.24, 2.45) is 0 Å². The normalized spacial score (nSPS) is 23.9. The predicted molar refractivity (Wildman–Crippen MR) is 358 cm³/mol. The van der Waals surface area contributed by atoms with Crippen LogP contribution in [0, 0.1) is 0 Å². The molecule has 3 unspecified atom stereocenters. The van der Waals surface area contributed by atoms with E-state index in [0.29, 0.717) is 16.7 Å². The molecule has 0 bridgehead atoms. The summed E-state index contributed by atoms with van der Waals surface area (Å²) in [5.41, 5.74) is -2.17. The minimum absolute atomic E-state index is 0.00839. The van der Waals surface area contributed by atoms with Crippen LogP contribution in [-0.2, 0) is 33.2 Å². The van der Waals surface area contributed by atoms with Gasteiger partial charge in [-0.05, 0) is 112 Å². The highest BCUT2D eigenvalue weighted by atomic mass is 19.1. The largest absolute Gasteiger partial charge is 0.459 e. The van der Waals surface area contributed by atoms with Crippen LogP contribution in [0.25, 0.3) is 0 Å². The minimum Gasteiger partial charge on any atom is -0.459 e. The van der Waals surface area contributed by atoms with Crippen LogP contribution in [0.1, 0.15) is 102 Å². The van der Waals surface area contributed by atoms with E-state index in [4.69, 9.17) is 44.0 Å². The number of aliphatic hydroxyl groups excluding tert-OH is 2. The molecular weight excluding hydrogens is 1330 g/mol. The van der Waals surface area contributed by atoms with Crippen LogP contribution < -0.4 is 33.4 Å². The summed E-state index contributed by atoms with van der Waals surface area (Å²) in [4.78, 5) is 125. The molecule has 3 aliphatic heterocycles. The van der Waals surface area contributed by atoms with Gasteiger partial charge in [0.15, 0.2) is 42.2 Å². The molecule has 28 nitrogen and oxygen atoms in total. The number of carbonyl (C=O) groups excluding carboxylic acids is 6. The van der Waals surface area contributed by atoms with E-state index in [1.54, 1.807) is 170 Å². The van der Waals surface area contributed by atoms with E-state index in [-0.39, 0.29) is 40.8 Å². The molecule has 7 N–H and O–H groups in total. The van der Waals surface area contributed by atoms with Crippen LogP contribution in [0.5, 0.6) is 0 Å². The number of carbonyl (C=O) groups is 6. The lowest BCUT2D eigenvalue weighted by molar-refractivity contribution is -0.101. The van der Waals surface area contributed by atoms with Gasteiger partial charge in [0.1, 0.15) is 60.7 Å². The van der Waals surface area contributed by atoms with E-state index in [2.05, 4.69) is 25.6 Å². The van der Waals surface area contributed by atoms with Gasteiger partial charge in [0.25, 0.3) is 11.8 Å². The van der Waals surface area contributed by atoms with Gasteiger partial charge in [-0.25, -0.2) is 42.3 Å².